The summed E-state index contributed by atoms with van der Waals surface area (Å²) in [5.74, 6) is 0. The zero-order chi connectivity index (χ0) is 8.04. The Hall–Kier alpha value is 0.594. The van der Waals surface area contributed by atoms with Crippen LogP contribution in [0.1, 0.15) is 46.5 Å². The van der Waals surface area contributed by atoms with Crippen LogP contribution < -0.4 is 0 Å². The molecule has 0 aliphatic rings. The molecule has 61 valence electrons. The molecule has 2 heteroatoms. The van der Waals surface area contributed by atoms with E-state index in [9.17, 15) is 0 Å². The van der Waals surface area contributed by atoms with Crippen LogP contribution in [-0.2, 0) is 32.7 Å². The molecule has 1 nitrogen and oxygen atoms in total. The molecule has 0 aromatic heterocycles. The summed E-state index contributed by atoms with van der Waals surface area (Å²) in [7, 11) is 0. The molecule has 0 aliphatic carbocycles. The zero-order valence-corrected chi connectivity index (χ0v) is 10.7. The van der Waals surface area contributed by atoms with E-state index in [0.717, 1.165) is 6.42 Å². The van der Waals surface area contributed by atoms with Crippen LogP contribution >= 0.6 is 0 Å². The molecule has 0 heterocycles. The first kappa shape index (κ1) is 14.1. The van der Waals surface area contributed by atoms with Gasteiger partial charge in [-0.1, -0.05) is 33.6 Å². The molecule has 0 amide bonds. The summed E-state index contributed by atoms with van der Waals surface area (Å²) in [6.45, 7) is 6.64. The number of hydrogen-bond acceptors (Lipinski definition) is 1. The van der Waals surface area contributed by atoms with Gasteiger partial charge in [0.15, 0.2) is 0 Å². The van der Waals surface area contributed by atoms with Crippen molar-refractivity contribution in [1.82, 2.24) is 0 Å². The summed E-state index contributed by atoms with van der Waals surface area (Å²) in [5, 5.41) is 8.37. The second kappa shape index (κ2) is 7.25. The molecule has 0 N–H and O–H groups in total. The number of nitrogens with zero attached hydrogens (tertiary/aromatic N) is 1. The van der Waals surface area contributed by atoms with Crippen LogP contribution in [0.25, 0.3) is 0 Å². The molecule has 0 rings (SSSR count). The van der Waals surface area contributed by atoms with Crippen LogP contribution in [0.15, 0.2) is 0 Å². The summed E-state index contributed by atoms with van der Waals surface area (Å²) in [6, 6.07) is 2.19. The van der Waals surface area contributed by atoms with Crippen molar-refractivity contribution in [3.63, 3.8) is 0 Å². The van der Waals surface area contributed by atoms with Crippen molar-refractivity contribution in [2.24, 2.45) is 5.41 Å². The molecule has 0 spiro atoms. The minimum Gasteiger partial charge on any atom is -0.198 e. The van der Waals surface area contributed by atoms with Crippen molar-refractivity contribution in [2.45, 2.75) is 46.5 Å². The molecule has 0 unspecified atom stereocenters. The van der Waals surface area contributed by atoms with Gasteiger partial charge in [0.1, 0.15) is 0 Å². The van der Waals surface area contributed by atoms with Crippen LogP contribution in [0.3, 0.4) is 0 Å². The Kier molecular flexibility index (Phi) is 9.32. The maximum atomic E-state index is 8.37. The Morgan fingerprint density at radius 1 is 1.27 bits per heavy atom. The molecule has 0 bridgehead atoms. The second-order valence-electron chi connectivity index (χ2n) is 3.18. The van der Waals surface area contributed by atoms with Crippen LogP contribution in [0.5, 0.6) is 0 Å². The summed E-state index contributed by atoms with van der Waals surface area (Å²) in [6.07, 6.45) is 4.13. The maximum absolute atomic E-state index is 8.37. The Morgan fingerprint density at radius 3 is 2.00 bits per heavy atom. The first-order valence-corrected chi connectivity index (χ1v) is 4.05. The van der Waals surface area contributed by atoms with E-state index >= 15 is 0 Å². The largest absolute Gasteiger partial charge is 0.198 e. The first-order chi connectivity index (χ1) is 4.68. The Morgan fingerprint density at radius 2 is 1.73 bits per heavy atom. The zero-order valence-electron chi connectivity index (χ0n) is 7.85. The molecule has 0 saturated carbocycles. The van der Waals surface area contributed by atoms with Crippen LogP contribution in [0.2, 0.25) is 0 Å². The predicted molar refractivity (Wildman–Crippen MR) is 43.5 cm³/mol. The average molecular weight is 228 g/mol. The summed E-state index contributed by atoms with van der Waals surface area (Å²) in [5.41, 5.74) is 0.412. The number of hydrogen-bond donors (Lipinski definition) is 0. The Balaban J connectivity index is 0. The minimum atomic E-state index is 0. The third-order valence-electron chi connectivity index (χ3n) is 2.55. The topological polar surface area (TPSA) is 23.8 Å². The van der Waals surface area contributed by atoms with Crippen LogP contribution in [0, 0.1) is 16.7 Å². The molecule has 0 aromatic carbocycles. The normalized spacial score (nSPS) is 10.0. The predicted octanol–water partition coefficient (Wildman–Crippen LogP) is 3.11. The van der Waals surface area contributed by atoms with E-state index in [0.29, 0.717) is 11.8 Å². The maximum Gasteiger partial charge on any atom is 0.0621 e. The molecule has 0 atom stereocenters. The summed E-state index contributed by atoms with van der Waals surface area (Å²) in [4.78, 5) is 0. The van der Waals surface area contributed by atoms with Crippen molar-refractivity contribution >= 4 is 0 Å². The molecule has 11 heavy (non-hydrogen) atoms. The SMILES string of the molecule is CCC(C)(CC)CCC#N.[Y]. The summed E-state index contributed by atoms with van der Waals surface area (Å²) >= 11 is 0. The van der Waals surface area contributed by atoms with Crippen molar-refractivity contribution in [1.29, 1.82) is 5.26 Å². The van der Waals surface area contributed by atoms with Gasteiger partial charge in [-0.2, -0.15) is 5.26 Å². The van der Waals surface area contributed by atoms with Gasteiger partial charge in [0.05, 0.1) is 6.07 Å². The van der Waals surface area contributed by atoms with Crippen molar-refractivity contribution < 1.29 is 32.7 Å². The molecule has 0 aliphatic heterocycles. The van der Waals surface area contributed by atoms with Gasteiger partial charge in [-0.05, 0) is 11.8 Å². The monoisotopic (exact) mass is 228 g/mol. The van der Waals surface area contributed by atoms with Crippen LogP contribution in [0.4, 0.5) is 0 Å². The molecule has 0 saturated heterocycles. The van der Waals surface area contributed by atoms with Gasteiger partial charge in [0.2, 0.25) is 0 Å². The van der Waals surface area contributed by atoms with Crippen LogP contribution in [-0.4, -0.2) is 0 Å². The van der Waals surface area contributed by atoms with Crippen molar-refractivity contribution in [3.8, 4) is 6.07 Å². The third-order valence-corrected chi connectivity index (χ3v) is 2.55. The van der Waals surface area contributed by atoms with Gasteiger partial charge in [-0.25, -0.2) is 0 Å². The standard InChI is InChI=1S/C9H17N.Y/c1-4-9(3,5-2)7-6-8-10;/h4-7H2,1-3H3;. The van der Waals surface area contributed by atoms with Gasteiger partial charge in [-0.3, -0.25) is 0 Å². The van der Waals surface area contributed by atoms with Gasteiger partial charge in [0.25, 0.3) is 0 Å². The van der Waals surface area contributed by atoms with E-state index < -0.39 is 0 Å². The molecule has 0 fully saturated rings. The fraction of sp³-hybridized carbons (Fsp3) is 0.889. The first-order valence-electron chi connectivity index (χ1n) is 4.05. The average Bonchev–Trinajstić information content (AvgIpc) is 2.00. The molecular weight excluding hydrogens is 211 g/mol. The van der Waals surface area contributed by atoms with Gasteiger partial charge >= 0.3 is 0 Å². The van der Waals surface area contributed by atoms with E-state index in [-0.39, 0.29) is 32.7 Å². The quantitative estimate of drug-likeness (QED) is 0.725. The van der Waals surface area contributed by atoms with Crippen molar-refractivity contribution in [3.05, 3.63) is 0 Å². The fourth-order valence-corrected chi connectivity index (χ4v) is 0.961. The van der Waals surface area contributed by atoms with E-state index in [1.165, 1.54) is 12.8 Å². The van der Waals surface area contributed by atoms with Crippen molar-refractivity contribution in [2.75, 3.05) is 0 Å². The van der Waals surface area contributed by atoms with E-state index in [1.54, 1.807) is 0 Å². The van der Waals surface area contributed by atoms with Gasteiger partial charge in [0, 0.05) is 39.1 Å². The van der Waals surface area contributed by atoms with E-state index in [2.05, 4.69) is 26.8 Å². The third kappa shape index (κ3) is 5.82. The fourth-order valence-electron chi connectivity index (χ4n) is 0.961. The Bertz CT molecular complexity index is 122. The molecule has 0 aromatic rings. The summed E-state index contributed by atoms with van der Waals surface area (Å²) < 4.78 is 0. The van der Waals surface area contributed by atoms with Gasteiger partial charge < -0.3 is 0 Å². The smallest absolute Gasteiger partial charge is 0.0621 e. The number of nitriles is 1. The Labute approximate surface area is 95.4 Å². The molecular formula is C9H17NY. The van der Waals surface area contributed by atoms with Gasteiger partial charge in [-0.15, -0.1) is 0 Å². The minimum absolute atomic E-state index is 0. The van der Waals surface area contributed by atoms with E-state index in [1.807, 2.05) is 0 Å². The number of rotatable bonds is 4. The van der Waals surface area contributed by atoms with E-state index in [4.69, 9.17) is 5.26 Å². The molecule has 1 radical (unpaired) electrons. The second-order valence-corrected chi connectivity index (χ2v) is 3.18.